The molecule has 128 valence electrons. The Labute approximate surface area is 152 Å². The van der Waals surface area contributed by atoms with Gasteiger partial charge in [-0.25, -0.2) is 0 Å². The third-order valence-corrected chi connectivity index (χ3v) is 6.14. The summed E-state index contributed by atoms with van der Waals surface area (Å²) in [5.41, 5.74) is 13.6. The van der Waals surface area contributed by atoms with Gasteiger partial charge in [-0.15, -0.1) is 0 Å². The molecule has 1 unspecified atom stereocenters. The molecule has 2 amide bonds. The molecule has 6 nitrogen and oxygen atoms in total. The molecule has 0 aromatic heterocycles. The van der Waals surface area contributed by atoms with Gasteiger partial charge >= 0.3 is 152 Å². The topological polar surface area (TPSA) is 101 Å². The molecule has 2 aromatic rings. The minimum atomic E-state index is -0.466. The molecule has 0 aliphatic carbocycles. The van der Waals surface area contributed by atoms with Crippen molar-refractivity contribution in [3.8, 4) is 0 Å². The van der Waals surface area contributed by atoms with Crippen LogP contribution in [-0.4, -0.2) is 31.8 Å². The standard InChI is InChI=1S/C18H18N4O2Se/c19-10-13-8-4-5-9-14(13)22-11-15(16(20)23)25-18(22)21-17(24)12-6-2-1-3-7-12/h1-9,11,18H,10,19H2,(H2,20,23)(H,21,24). The van der Waals surface area contributed by atoms with Crippen LogP contribution in [0.2, 0.25) is 0 Å². The Morgan fingerprint density at radius 1 is 1.08 bits per heavy atom. The fraction of sp³-hybridized carbons (Fsp3) is 0.111. The summed E-state index contributed by atoms with van der Waals surface area (Å²) in [5, 5.41) is 2.66. The summed E-state index contributed by atoms with van der Waals surface area (Å²) >= 11 is -0.308. The van der Waals surface area contributed by atoms with Gasteiger partial charge in [-0.2, -0.15) is 0 Å². The number of nitrogens with one attached hydrogen (secondary N) is 1. The number of benzene rings is 2. The number of nitrogens with two attached hydrogens (primary N) is 2. The number of primary amides is 1. The van der Waals surface area contributed by atoms with Crippen molar-refractivity contribution in [3.05, 3.63) is 76.4 Å². The van der Waals surface area contributed by atoms with E-state index in [1.54, 1.807) is 18.3 Å². The Hall–Kier alpha value is -2.60. The molecule has 0 spiro atoms. The minimum absolute atomic E-state index is 0.193. The molecule has 5 N–H and O–H groups in total. The molecule has 1 aliphatic rings. The number of amides is 2. The number of hydrogen-bond donors (Lipinski definition) is 3. The number of para-hydroxylation sites is 1. The first-order chi connectivity index (χ1) is 12.1. The van der Waals surface area contributed by atoms with Gasteiger partial charge in [0.1, 0.15) is 0 Å². The van der Waals surface area contributed by atoms with Gasteiger partial charge in [0.05, 0.1) is 0 Å². The van der Waals surface area contributed by atoms with Crippen molar-refractivity contribution in [2.45, 2.75) is 11.6 Å². The quantitative estimate of drug-likeness (QED) is 0.643. The Balaban J connectivity index is 1.89. The number of hydrogen-bond acceptors (Lipinski definition) is 4. The van der Waals surface area contributed by atoms with Crippen molar-refractivity contribution in [2.24, 2.45) is 11.5 Å². The normalized spacial score (nSPS) is 16.4. The van der Waals surface area contributed by atoms with Crippen molar-refractivity contribution in [1.29, 1.82) is 0 Å². The second-order valence-electron chi connectivity index (χ2n) is 5.41. The van der Waals surface area contributed by atoms with Gasteiger partial charge in [0.25, 0.3) is 0 Å². The van der Waals surface area contributed by atoms with E-state index < -0.39 is 5.91 Å². The molecule has 0 saturated carbocycles. The molecule has 0 bridgehead atoms. The van der Waals surface area contributed by atoms with Gasteiger partial charge in [-0.3, -0.25) is 0 Å². The Morgan fingerprint density at radius 3 is 2.44 bits per heavy atom. The molecule has 0 fully saturated rings. The molecule has 1 heterocycles. The van der Waals surface area contributed by atoms with E-state index in [1.807, 2.05) is 47.4 Å². The van der Waals surface area contributed by atoms with Crippen LogP contribution in [0.4, 0.5) is 5.69 Å². The average molecular weight is 401 g/mol. The van der Waals surface area contributed by atoms with Crippen LogP contribution in [0, 0.1) is 0 Å². The molecular formula is C18H18N4O2Se. The van der Waals surface area contributed by atoms with Crippen LogP contribution in [0.1, 0.15) is 15.9 Å². The molecule has 2 aromatic carbocycles. The summed E-state index contributed by atoms with van der Waals surface area (Å²) in [5.74, 6) is -0.659. The van der Waals surface area contributed by atoms with Crippen LogP contribution < -0.4 is 21.7 Å². The van der Waals surface area contributed by atoms with Crippen LogP contribution in [0.25, 0.3) is 0 Å². The van der Waals surface area contributed by atoms with Crippen LogP contribution in [-0.2, 0) is 11.3 Å². The first kappa shape index (κ1) is 17.2. The van der Waals surface area contributed by atoms with E-state index in [1.165, 1.54) is 0 Å². The van der Waals surface area contributed by atoms with E-state index in [9.17, 15) is 9.59 Å². The van der Waals surface area contributed by atoms with Crippen LogP contribution >= 0.6 is 0 Å². The number of carbonyl (C=O) groups excluding carboxylic acids is 2. The van der Waals surface area contributed by atoms with Gasteiger partial charge in [-0.05, 0) is 0 Å². The number of carbonyl (C=O) groups is 2. The summed E-state index contributed by atoms with van der Waals surface area (Å²) < 4.78 is 0.526. The van der Waals surface area contributed by atoms with Crippen molar-refractivity contribution in [3.63, 3.8) is 0 Å². The van der Waals surface area contributed by atoms with Crippen molar-refractivity contribution in [2.75, 3.05) is 4.90 Å². The monoisotopic (exact) mass is 402 g/mol. The Morgan fingerprint density at radius 2 is 1.76 bits per heavy atom. The van der Waals surface area contributed by atoms with E-state index in [-0.39, 0.29) is 25.9 Å². The van der Waals surface area contributed by atoms with Gasteiger partial charge < -0.3 is 0 Å². The molecule has 1 atom stereocenters. The Bertz CT molecular complexity index is 823. The molecule has 0 radical (unpaired) electrons. The molecule has 3 rings (SSSR count). The van der Waals surface area contributed by atoms with Crippen LogP contribution in [0.3, 0.4) is 0 Å². The van der Waals surface area contributed by atoms with Crippen LogP contribution in [0.5, 0.6) is 0 Å². The van der Waals surface area contributed by atoms with Gasteiger partial charge in [0, 0.05) is 0 Å². The first-order valence-electron chi connectivity index (χ1n) is 7.70. The zero-order valence-corrected chi connectivity index (χ0v) is 15.1. The predicted molar refractivity (Wildman–Crippen MR) is 97.5 cm³/mol. The second kappa shape index (κ2) is 7.53. The predicted octanol–water partition coefficient (Wildman–Crippen LogP) is 0.710. The fourth-order valence-electron chi connectivity index (χ4n) is 2.54. The molecule has 25 heavy (non-hydrogen) atoms. The summed E-state index contributed by atoms with van der Waals surface area (Å²) in [6.45, 7) is 0.360. The van der Waals surface area contributed by atoms with E-state index >= 15 is 0 Å². The third-order valence-electron chi connectivity index (χ3n) is 3.77. The maximum atomic E-state index is 12.5. The second-order valence-corrected chi connectivity index (χ2v) is 7.76. The molecule has 1 aliphatic heterocycles. The van der Waals surface area contributed by atoms with Crippen molar-refractivity contribution >= 4 is 32.5 Å². The number of rotatable bonds is 5. The molecular weight excluding hydrogens is 383 g/mol. The third kappa shape index (κ3) is 3.74. The molecule has 0 saturated heterocycles. The van der Waals surface area contributed by atoms with Crippen LogP contribution in [0.15, 0.2) is 65.3 Å². The van der Waals surface area contributed by atoms with Gasteiger partial charge in [0.2, 0.25) is 0 Å². The number of nitrogens with zero attached hydrogens (tertiary/aromatic N) is 1. The van der Waals surface area contributed by atoms with E-state index in [4.69, 9.17) is 11.5 Å². The number of anilines is 1. The summed E-state index contributed by atoms with van der Waals surface area (Å²) in [6.07, 6.45) is 1.72. The summed E-state index contributed by atoms with van der Waals surface area (Å²) in [4.78, 5) is 26.0. The maximum absolute atomic E-state index is 12.5. The van der Waals surface area contributed by atoms with E-state index in [0.717, 1.165) is 11.3 Å². The van der Waals surface area contributed by atoms with E-state index in [0.29, 0.717) is 16.6 Å². The summed E-state index contributed by atoms with van der Waals surface area (Å²) in [6, 6.07) is 16.6. The van der Waals surface area contributed by atoms with Gasteiger partial charge in [-0.1, -0.05) is 0 Å². The summed E-state index contributed by atoms with van der Waals surface area (Å²) in [7, 11) is 0. The zero-order valence-electron chi connectivity index (χ0n) is 13.4. The first-order valence-corrected chi connectivity index (χ1v) is 9.55. The fourth-order valence-corrected chi connectivity index (χ4v) is 4.61. The SMILES string of the molecule is NCc1ccccc1N1C=C(C(N)=O)[Se]C1NC(=O)c1ccccc1. The van der Waals surface area contributed by atoms with E-state index in [2.05, 4.69) is 5.32 Å². The zero-order chi connectivity index (χ0) is 17.8. The molecule has 7 heteroatoms. The van der Waals surface area contributed by atoms with Crippen molar-refractivity contribution in [1.82, 2.24) is 5.32 Å². The average Bonchev–Trinajstić information content (AvgIpc) is 3.06. The van der Waals surface area contributed by atoms with Crippen molar-refractivity contribution < 1.29 is 9.59 Å². The Kier molecular flexibility index (Phi) is 5.19. The van der Waals surface area contributed by atoms with Gasteiger partial charge in [0.15, 0.2) is 0 Å².